The molecule has 0 aromatic heterocycles. The first-order valence-electron chi connectivity index (χ1n) is 8.22. The zero-order chi connectivity index (χ0) is 14.3. The second-order valence-electron chi connectivity index (χ2n) is 6.94. The summed E-state index contributed by atoms with van der Waals surface area (Å²) in [6.07, 6.45) is 7.92. The average molecular weight is 282 g/mol. The molecular formula is C18H22N2O. The highest BCUT2D eigenvalue weighted by Gasteiger charge is 2.46. The molecule has 1 heterocycles. The molecule has 1 aromatic carbocycles. The molecule has 3 heteroatoms. The summed E-state index contributed by atoms with van der Waals surface area (Å²) in [6.45, 7) is 0. The second kappa shape index (κ2) is 5.03. The fraction of sp³-hybridized carbons (Fsp3) is 0.611. The summed E-state index contributed by atoms with van der Waals surface area (Å²) < 4.78 is 6.30. The molecule has 0 saturated heterocycles. The number of rotatable bonds is 2. The van der Waals surface area contributed by atoms with Gasteiger partial charge in [0.1, 0.15) is 11.4 Å². The Kier molecular flexibility index (Phi) is 3.15. The minimum Gasteiger partial charge on any atom is -0.487 e. The molecule has 21 heavy (non-hydrogen) atoms. The molecule has 0 bridgehead atoms. The van der Waals surface area contributed by atoms with Gasteiger partial charge in [-0.25, -0.2) is 0 Å². The van der Waals surface area contributed by atoms with Crippen LogP contribution in [0.5, 0.6) is 5.75 Å². The summed E-state index contributed by atoms with van der Waals surface area (Å²) in [6, 6.07) is 11.8. The number of hydrogen-bond donors (Lipinski definition) is 1. The van der Waals surface area contributed by atoms with Crippen molar-refractivity contribution in [2.45, 2.75) is 62.6 Å². The van der Waals surface area contributed by atoms with Crippen LogP contribution in [0.4, 0.5) is 0 Å². The van der Waals surface area contributed by atoms with Crippen LogP contribution < -0.4 is 10.1 Å². The van der Waals surface area contributed by atoms with Gasteiger partial charge in [0, 0.05) is 30.0 Å². The van der Waals surface area contributed by atoms with Crippen molar-refractivity contribution in [3.63, 3.8) is 0 Å². The predicted octanol–water partition coefficient (Wildman–Crippen LogP) is 3.71. The van der Waals surface area contributed by atoms with Crippen molar-refractivity contribution < 1.29 is 4.74 Å². The Morgan fingerprint density at radius 1 is 1.24 bits per heavy atom. The van der Waals surface area contributed by atoms with Gasteiger partial charge in [0.25, 0.3) is 0 Å². The largest absolute Gasteiger partial charge is 0.487 e. The normalized spacial score (nSPS) is 32.8. The van der Waals surface area contributed by atoms with Crippen molar-refractivity contribution >= 4 is 0 Å². The molecule has 1 aromatic rings. The van der Waals surface area contributed by atoms with E-state index in [9.17, 15) is 0 Å². The number of nitriles is 1. The summed E-state index contributed by atoms with van der Waals surface area (Å²) in [5, 5.41) is 12.9. The Hall–Kier alpha value is -1.53. The molecule has 3 atom stereocenters. The van der Waals surface area contributed by atoms with Gasteiger partial charge in [-0.05, 0) is 44.6 Å². The molecule has 2 fully saturated rings. The monoisotopic (exact) mass is 282 g/mol. The molecule has 110 valence electrons. The SMILES string of the molecule is N#C[C@@H]1CC[C@H](NC2CC3(CCC3)Oc3ccccc32)C1. The van der Waals surface area contributed by atoms with Crippen LogP contribution in [0.3, 0.4) is 0 Å². The van der Waals surface area contributed by atoms with E-state index in [1.165, 1.54) is 24.8 Å². The molecule has 1 N–H and O–H groups in total. The minimum atomic E-state index is 0.0826. The quantitative estimate of drug-likeness (QED) is 0.899. The van der Waals surface area contributed by atoms with Gasteiger partial charge < -0.3 is 10.1 Å². The van der Waals surface area contributed by atoms with Gasteiger partial charge in [-0.3, -0.25) is 0 Å². The van der Waals surface area contributed by atoms with Gasteiger partial charge in [0.05, 0.1) is 6.07 Å². The van der Waals surface area contributed by atoms with Crippen LogP contribution in [0.2, 0.25) is 0 Å². The van der Waals surface area contributed by atoms with Crippen LogP contribution in [0.25, 0.3) is 0 Å². The number of hydrogen-bond acceptors (Lipinski definition) is 3. The van der Waals surface area contributed by atoms with Crippen molar-refractivity contribution in [3.05, 3.63) is 29.8 Å². The minimum absolute atomic E-state index is 0.0826. The second-order valence-corrected chi connectivity index (χ2v) is 6.94. The Bertz CT molecular complexity index is 573. The molecule has 1 aliphatic heterocycles. The summed E-state index contributed by atoms with van der Waals surface area (Å²) in [7, 11) is 0. The predicted molar refractivity (Wildman–Crippen MR) is 80.9 cm³/mol. The van der Waals surface area contributed by atoms with Crippen LogP contribution in [-0.2, 0) is 0 Å². The third kappa shape index (κ3) is 2.32. The molecule has 2 aliphatic carbocycles. The summed E-state index contributed by atoms with van der Waals surface area (Å²) >= 11 is 0. The highest BCUT2D eigenvalue weighted by Crippen LogP contribution is 2.49. The number of ether oxygens (including phenoxy) is 1. The Balaban J connectivity index is 1.55. The van der Waals surface area contributed by atoms with Crippen molar-refractivity contribution in [2.75, 3.05) is 0 Å². The van der Waals surface area contributed by atoms with Crippen LogP contribution >= 0.6 is 0 Å². The van der Waals surface area contributed by atoms with Crippen molar-refractivity contribution in [1.29, 1.82) is 5.26 Å². The lowest BCUT2D eigenvalue weighted by molar-refractivity contribution is -0.0379. The fourth-order valence-corrected chi connectivity index (χ4v) is 4.18. The first-order valence-corrected chi connectivity index (χ1v) is 8.22. The molecule has 2 saturated carbocycles. The maximum Gasteiger partial charge on any atom is 0.124 e. The third-order valence-corrected chi connectivity index (χ3v) is 5.51. The van der Waals surface area contributed by atoms with Crippen molar-refractivity contribution in [1.82, 2.24) is 5.32 Å². The first-order chi connectivity index (χ1) is 10.3. The van der Waals surface area contributed by atoms with E-state index in [0.29, 0.717) is 12.1 Å². The lowest BCUT2D eigenvalue weighted by Gasteiger charge is -2.48. The smallest absolute Gasteiger partial charge is 0.124 e. The Morgan fingerprint density at radius 3 is 2.81 bits per heavy atom. The maximum absolute atomic E-state index is 9.08. The number of para-hydroxylation sites is 1. The third-order valence-electron chi connectivity index (χ3n) is 5.51. The topological polar surface area (TPSA) is 45.0 Å². The van der Waals surface area contributed by atoms with E-state index in [1.54, 1.807) is 0 Å². The number of benzene rings is 1. The van der Waals surface area contributed by atoms with E-state index in [2.05, 4.69) is 35.7 Å². The van der Waals surface area contributed by atoms with Gasteiger partial charge in [-0.15, -0.1) is 0 Å². The van der Waals surface area contributed by atoms with E-state index in [4.69, 9.17) is 10.00 Å². The molecule has 3 aliphatic rings. The molecule has 0 amide bonds. The van der Waals surface area contributed by atoms with E-state index >= 15 is 0 Å². The van der Waals surface area contributed by atoms with Gasteiger partial charge >= 0.3 is 0 Å². The molecule has 3 nitrogen and oxygen atoms in total. The average Bonchev–Trinajstić information content (AvgIpc) is 2.93. The van der Waals surface area contributed by atoms with E-state index in [1.807, 2.05) is 0 Å². The highest BCUT2D eigenvalue weighted by atomic mass is 16.5. The Labute approximate surface area is 126 Å². The van der Waals surface area contributed by atoms with Crippen LogP contribution in [0.1, 0.15) is 56.6 Å². The zero-order valence-corrected chi connectivity index (χ0v) is 12.3. The standard InChI is InChI=1S/C18H22N2O/c19-12-13-6-7-14(10-13)20-16-11-18(8-3-9-18)21-17-5-2-1-4-15(16)17/h1-2,4-5,13-14,16,20H,3,6-11H2/t13-,14+,16?/m1/s1. The molecule has 1 unspecified atom stereocenters. The van der Waals surface area contributed by atoms with E-state index < -0.39 is 0 Å². The number of nitrogens with zero attached hydrogens (tertiary/aromatic N) is 1. The molecule has 1 spiro atoms. The lowest BCUT2D eigenvalue weighted by Crippen LogP contribution is -2.50. The van der Waals surface area contributed by atoms with Gasteiger partial charge in [0.15, 0.2) is 0 Å². The van der Waals surface area contributed by atoms with Gasteiger partial charge in [-0.1, -0.05) is 18.2 Å². The van der Waals surface area contributed by atoms with E-state index in [-0.39, 0.29) is 11.5 Å². The van der Waals surface area contributed by atoms with Crippen LogP contribution in [0, 0.1) is 17.2 Å². The lowest BCUT2D eigenvalue weighted by atomic mass is 9.73. The maximum atomic E-state index is 9.08. The molecular weight excluding hydrogens is 260 g/mol. The van der Waals surface area contributed by atoms with Gasteiger partial charge in [-0.2, -0.15) is 5.26 Å². The highest BCUT2D eigenvalue weighted by molar-refractivity contribution is 5.39. The fourth-order valence-electron chi connectivity index (χ4n) is 4.18. The summed E-state index contributed by atoms with van der Waals surface area (Å²) in [4.78, 5) is 0. The van der Waals surface area contributed by atoms with Crippen molar-refractivity contribution in [2.24, 2.45) is 5.92 Å². The summed E-state index contributed by atoms with van der Waals surface area (Å²) in [5.41, 5.74) is 1.38. The van der Waals surface area contributed by atoms with Crippen molar-refractivity contribution in [3.8, 4) is 11.8 Å². The summed E-state index contributed by atoms with van der Waals surface area (Å²) in [5.74, 6) is 1.31. The zero-order valence-electron chi connectivity index (χ0n) is 12.3. The van der Waals surface area contributed by atoms with Crippen LogP contribution in [-0.4, -0.2) is 11.6 Å². The van der Waals surface area contributed by atoms with Crippen LogP contribution in [0.15, 0.2) is 24.3 Å². The first kappa shape index (κ1) is 13.2. The number of fused-ring (bicyclic) bond motifs is 1. The van der Waals surface area contributed by atoms with Gasteiger partial charge in [0.2, 0.25) is 0 Å². The number of nitrogens with one attached hydrogen (secondary N) is 1. The Morgan fingerprint density at radius 2 is 2.10 bits per heavy atom. The molecule has 4 rings (SSSR count). The molecule has 0 radical (unpaired) electrons. The van der Waals surface area contributed by atoms with E-state index in [0.717, 1.165) is 31.4 Å².